The van der Waals surface area contributed by atoms with Crippen molar-refractivity contribution in [3.63, 3.8) is 0 Å². The number of fused-ring (bicyclic) bond motifs is 1. The second kappa shape index (κ2) is 5.75. The molecule has 0 aliphatic carbocycles. The highest BCUT2D eigenvalue weighted by Crippen LogP contribution is 2.37. The molecule has 3 aromatic rings. The van der Waals surface area contributed by atoms with Gasteiger partial charge in [-0.3, -0.25) is 0 Å². The van der Waals surface area contributed by atoms with E-state index in [1.54, 1.807) is 0 Å². The van der Waals surface area contributed by atoms with Gasteiger partial charge in [-0.25, -0.2) is 9.97 Å². The Kier molecular flexibility index (Phi) is 3.82. The van der Waals surface area contributed by atoms with E-state index in [0.29, 0.717) is 12.4 Å². The van der Waals surface area contributed by atoms with Crippen molar-refractivity contribution in [2.75, 3.05) is 18.5 Å². The van der Waals surface area contributed by atoms with E-state index >= 15 is 0 Å². The SMILES string of the molecule is OCCNc1nc(Cl)nc2scc(-c3ccccc3)c12. The van der Waals surface area contributed by atoms with Crippen molar-refractivity contribution < 1.29 is 5.11 Å². The molecule has 20 heavy (non-hydrogen) atoms. The molecule has 3 rings (SSSR count). The lowest BCUT2D eigenvalue weighted by molar-refractivity contribution is 0.311. The van der Waals surface area contributed by atoms with Gasteiger partial charge in [-0.05, 0) is 17.2 Å². The molecule has 1 aromatic carbocycles. The molecule has 0 unspecified atom stereocenters. The summed E-state index contributed by atoms with van der Waals surface area (Å²) in [6.07, 6.45) is 0. The number of aliphatic hydroxyl groups excluding tert-OH is 1. The highest BCUT2D eigenvalue weighted by molar-refractivity contribution is 7.17. The molecule has 4 nitrogen and oxygen atoms in total. The zero-order chi connectivity index (χ0) is 13.9. The second-order valence-electron chi connectivity index (χ2n) is 4.19. The number of rotatable bonds is 4. The van der Waals surface area contributed by atoms with Crippen LogP contribution in [0.2, 0.25) is 5.28 Å². The molecule has 2 heterocycles. The van der Waals surface area contributed by atoms with Crippen molar-refractivity contribution in [1.82, 2.24) is 9.97 Å². The maximum absolute atomic E-state index is 8.97. The van der Waals surface area contributed by atoms with Crippen LogP contribution in [0, 0.1) is 0 Å². The molecular weight excluding hydrogens is 294 g/mol. The molecule has 0 aliphatic rings. The van der Waals surface area contributed by atoms with Crippen LogP contribution in [0.5, 0.6) is 0 Å². The average molecular weight is 306 g/mol. The van der Waals surface area contributed by atoms with Crippen molar-refractivity contribution in [3.05, 3.63) is 41.0 Å². The Labute approximate surface area is 125 Å². The van der Waals surface area contributed by atoms with Crippen LogP contribution in [0.4, 0.5) is 5.82 Å². The first-order chi connectivity index (χ1) is 9.79. The van der Waals surface area contributed by atoms with E-state index in [-0.39, 0.29) is 11.9 Å². The van der Waals surface area contributed by atoms with E-state index in [1.807, 2.05) is 30.3 Å². The molecule has 0 spiro atoms. The van der Waals surface area contributed by atoms with Gasteiger partial charge in [0.05, 0.1) is 12.0 Å². The van der Waals surface area contributed by atoms with Gasteiger partial charge in [-0.1, -0.05) is 30.3 Å². The number of aliphatic hydroxyl groups is 1. The summed E-state index contributed by atoms with van der Waals surface area (Å²) >= 11 is 7.47. The molecule has 6 heteroatoms. The lowest BCUT2D eigenvalue weighted by Gasteiger charge is -2.07. The predicted molar refractivity (Wildman–Crippen MR) is 83.4 cm³/mol. The van der Waals surface area contributed by atoms with E-state index in [9.17, 15) is 0 Å². The van der Waals surface area contributed by atoms with Crippen molar-refractivity contribution in [2.24, 2.45) is 0 Å². The summed E-state index contributed by atoms with van der Waals surface area (Å²) < 4.78 is 0. The fraction of sp³-hybridized carbons (Fsp3) is 0.143. The Morgan fingerprint density at radius 1 is 1.20 bits per heavy atom. The van der Waals surface area contributed by atoms with Crippen molar-refractivity contribution >= 4 is 39.0 Å². The van der Waals surface area contributed by atoms with Gasteiger partial charge in [0.25, 0.3) is 0 Å². The van der Waals surface area contributed by atoms with Gasteiger partial charge in [0.1, 0.15) is 10.6 Å². The fourth-order valence-electron chi connectivity index (χ4n) is 2.05. The van der Waals surface area contributed by atoms with Crippen molar-refractivity contribution in [3.8, 4) is 11.1 Å². The average Bonchev–Trinajstić information content (AvgIpc) is 2.89. The van der Waals surface area contributed by atoms with Crippen LogP contribution in [-0.4, -0.2) is 28.2 Å². The highest BCUT2D eigenvalue weighted by atomic mass is 35.5. The van der Waals surface area contributed by atoms with Crippen LogP contribution in [0.3, 0.4) is 0 Å². The first kappa shape index (κ1) is 13.3. The highest BCUT2D eigenvalue weighted by Gasteiger charge is 2.14. The molecule has 0 radical (unpaired) electrons. The largest absolute Gasteiger partial charge is 0.395 e. The third-order valence-electron chi connectivity index (χ3n) is 2.90. The minimum Gasteiger partial charge on any atom is -0.395 e. The van der Waals surface area contributed by atoms with Gasteiger partial charge in [0.2, 0.25) is 5.28 Å². The van der Waals surface area contributed by atoms with Crippen molar-refractivity contribution in [2.45, 2.75) is 0 Å². The van der Waals surface area contributed by atoms with Gasteiger partial charge >= 0.3 is 0 Å². The number of nitrogens with one attached hydrogen (secondary N) is 1. The maximum atomic E-state index is 8.97. The summed E-state index contributed by atoms with van der Waals surface area (Å²) in [7, 11) is 0. The molecule has 0 fully saturated rings. The third-order valence-corrected chi connectivity index (χ3v) is 3.94. The van der Waals surface area contributed by atoms with E-state index in [1.165, 1.54) is 11.3 Å². The third kappa shape index (κ3) is 2.47. The van der Waals surface area contributed by atoms with Crippen molar-refractivity contribution in [1.29, 1.82) is 0 Å². The maximum Gasteiger partial charge on any atom is 0.225 e. The molecule has 0 bridgehead atoms. The first-order valence-electron chi connectivity index (χ1n) is 6.14. The van der Waals surface area contributed by atoms with Crippen LogP contribution >= 0.6 is 22.9 Å². The standard InChI is InChI=1S/C14H12ClN3OS/c15-14-17-12(16-6-7-19)11-10(8-20-13(11)18-14)9-4-2-1-3-5-9/h1-5,8,19H,6-7H2,(H,16,17,18). The Hall–Kier alpha value is -1.69. The van der Waals surface area contributed by atoms with Gasteiger partial charge in [0.15, 0.2) is 0 Å². The van der Waals surface area contributed by atoms with E-state index in [2.05, 4.69) is 20.7 Å². The van der Waals surface area contributed by atoms with Crippen LogP contribution in [0.25, 0.3) is 21.3 Å². The van der Waals surface area contributed by atoms with E-state index in [0.717, 1.165) is 21.3 Å². The lowest BCUT2D eigenvalue weighted by Crippen LogP contribution is -2.07. The van der Waals surface area contributed by atoms with Crippen LogP contribution < -0.4 is 5.32 Å². The Bertz CT molecular complexity index is 730. The number of nitrogens with zero attached hydrogens (tertiary/aromatic N) is 2. The molecule has 102 valence electrons. The summed E-state index contributed by atoms with van der Waals surface area (Å²) in [5, 5.41) is 15.3. The number of benzene rings is 1. The number of aromatic nitrogens is 2. The Balaban J connectivity index is 2.19. The van der Waals surface area contributed by atoms with Gasteiger partial charge in [-0.2, -0.15) is 0 Å². The molecule has 0 amide bonds. The number of anilines is 1. The van der Waals surface area contributed by atoms with Gasteiger partial charge in [-0.15, -0.1) is 11.3 Å². The second-order valence-corrected chi connectivity index (χ2v) is 5.38. The molecule has 0 saturated heterocycles. The van der Waals surface area contributed by atoms with E-state index in [4.69, 9.17) is 16.7 Å². The topological polar surface area (TPSA) is 58.0 Å². The zero-order valence-corrected chi connectivity index (χ0v) is 12.1. The van der Waals surface area contributed by atoms with Gasteiger partial charge < -0.3 is 10.4 Å². The van der Waals surface area contributed by atoms with Crippen LogP contribution in [0.1, 0.15) is 0 Å². The number of thiophene rings is 1. The Morgan fingerprint density at radius 3 is 2.75 bits per heavy atom. The zero-order valence-electron chi connectivity index (χ0n) is 10.5. The smallest absolute Gasteiger partial charge is 0.225 e. The predicted octanol–water partition coefficient (Wildman–Crippen LogP) is 3.42. The van der Waals surface area contributed by atoms with E-state index < -0.39 is 0 Å². The number of hydrogen-bond donors (Lipinski definition) is 2. The van der Waals surface area contributed by atoms with Gasteiger partial charge in [0, 0.05) is 17.5 Å². The molecule has 0 aliphatic heterocycles. The quantitative estimate of drug-likeness (QED) is 0.725. The normalized spacial score (nSPS) is 10.9. The fourth-order valence-corrected chi connectivity index (χ4v) is 3.21. The number of halogens is 1. The summed E-state index contributed by atoms with van der Waals surface area (Å²) in [6.45, 7) is 0.459. The molecule has 0 saturated carbocycles. The summed E-state index contributed by atoms with van der Waals surface area (Å²) in [4.78, 5) is 9.33. The summed E-state index contributed by atoms with van der Waals surface area (Å²) in [6, 6.07) is 10.1. The molecule has 2 N–H and O–H groups in total. The number of hydrogen-bond acceptors (Lipinski definition) is 5. The van der Waals surface area contributed by atoms with Crippen LogP contribution in [0.15, 0.2) is 35.7 Å². The summed E-state index contributed by atoms with van der Waals surface area (Å²) in [5.74, 6) is 0.661. The summed E-state index contributed by atoms with van der Waals surface area (Å²) in [5.41, 5.74) is 2.18. The van der Waals surface area contributed by atoms with Crippen LogP contribution in [-0.2, 0) is 0 Å². The molecular formula is C14H12ClN3OS. The lowest BCUT2D eigenvalue weighted by atomic mass is 10.1. The Morgan fingerprint density at radius 2 is 2.00 bits per heavy atom. The molecule has 0 atom stereocenters. The first-order valence-corrected chi connectivity index (χ1v) is 7.40. The monoisotopic (exact) mass is 305 g/mol. The minimum absolute atomic E-state index is 0.0356. The molecule has 2 aromatic heterocycles. The minimum atomic E-state index is 0.0356.